The monoisotopic (exact) mass is 140 g/mol. The second kappa shape index (κ2) is 5.40. The van der Waals surface area contributed by atoms with Gasteiger partial charge in [0, 0.05) is 11.8 Å². The smallest absolute Gasteiger partial charge is 0.382 e. The van der Waals surface area contributed by atoms with Gasteiger partial charge in [0.1, 0.15) is 0 Å². The third-order valence-corrected chi connectivity index (χ3v) is 0.276. The molecule has 0 aliphatic heterocycles. The van der Waals surface area contributed by atoms with Gasteiger partial charge in [0.05, 0.1) is 0 Å². The second-order valence-corrected chi connectivity index (χ2v) is 0.860. The molecule has 0 saturated heterocycles. The van der Waals surface area contributed by atoms with Gasteiger partial charge >= 0.3 is 35.0 Å². The Labute approximate surface area is 67.0 Å². The highest BCUT2D eigenvalue weighted by Gasteiger charge is 1.86. The Hall–Kier alpha value is -0.734. The Kier molecular flexibility index (Phi) is 6.67. The number of aliphatic carboxylic acids is 2. The molecule has 9 heavy (non-hydrogen) atoms. The van der Waals surface area contributed by atoms with Crippen molar-refractivity contribution in [3.63, 3.8) is 0 Å². The maximum Gasteiger partial charge on any atom is 0.382 e. The highest BCUT2D eigenvalue weighted by atomic mass is 24.3. The maximum absolute atomic E-state index is 9.47. The molecule has 0 bridgehead atoms. The molecule has 46 valence electrons. The molecule has 0 unspecified atom stereocenters. The molecule has 0 amide bonds. The van der Waals surface area contributed by atoms with Crippen LogP contribution in [0.4, 0.5) is 0 Å². The summed E-state index contributed by atoms with van der Waals surface area (Å²) in [5.41, 5.74) is 0. The van der Waals surface area contributed by atoms with Gasteiger partial charge in [-0.1, -0.05) is 0 Å². The van der Waals surface area contributed by atoms with Gasteiger partial charge in [-0.05, 0) is 0 Å². The van der Waals surface area contributed by atoms with E-state index >= 15 is 0 Å². The SMILES string of the molecule is O=C(O)C#CC(=O)O.[MgH2]. The van der Waals surface area contributed by atoms with Gasteiger partial charge in [-0.15, -0.1) is 0 Å². The molecule has 5 heteroatoms. The van der Waals surface area contributed by atoms with Gasteiger partial charge < -0.3 is 10.2 Å². The number of carboxylic acid groups (broad SMARTS) is 2. The van der Waals surface area contributed by atoms with E-state index in [1.165, 1.54) is 11.8 Å². The quantitative estimate of drug-likeness (QED) is 0.309. The second-order valence-electron chi connectivity index (χ2n) is 0.860. The molecule has 0 radical (unpaired) electrons. The predicted octanol–water partition coefficient (Wildman–Crippen LogP) is -1.76. The van der Waals surface area contributed by atoms with Crippen molar-refractivity contribution >= 4 is 35.0 Å². The number of rotatable bonds is 0. The van der Waals surface area contributed by atoms with Crippen LogP contribution in [0.15, 0.2) is 0 Å². The fourth-order valence-electron chi connectivity index (χ4n) is 0.107. The molecule has 0 spiro atoms. The predicted molar refractivity (Wildman–Crippen MR) is 31.6 cm³/mol. The minimum atomic E-state index is -1.44. The first kappa shape index (κ1) is 11.1. The third-order valence-electron chi connectivity index (χ3n) is 0.276. The van der Waals surface area contributed by atoms with Gasteiger partial charge in [0.25, 0.3) is 0 Å². The van der Waals surface area contributed by atoms with Crippen molar-refractivity contribution in [3.8, 4) is 11.8 Å². The Bertz CT molecular complexity index is 157. The first-order chi connectivity index (χ1) is 3.63. The summed E-state index contributed by atoms with van der Waals surface area (Å²) in [4.78, 5) is 18.9. The van der Waals surface area contributed by atoms with Crippen LogP contribution in [0.1, 0.15) is 0 Å². The zero-order valence-corrected chi connectivity index (χ0v) is 3.71. The summed E-state index contributed by atoms with van der Waals surface area (Å²) < 4.78 is 0. The summed E-state index contributed by atoms with van der Waals surface area (Å²) in [6, 6.07) is 0. The first-order valence-electron chi connectivity index (χ1n) is 1.61. The lowest BCUT2D eigenvalue weighted by molar-refractivity contribution is -0.132. The van der Waals surface area contributed by atoms with Gasteiger partial charge in [-0.25, -0.2) is 9.59 Å². The zero-order chi connectivity index (χ0) is 6.57. The molecule has 0 aliphatic carbocycles. The maximum atomic E-state index is 9.47. The fourth-order valence-corrected chi connectivity index (χ4v) is 0.107. The van der Waals surface area contributed by atoms with Crippen molar-refractivity contribution in [1.82, 2.24) is 0 Å². The molecule has 0 aromatic heterocycles. The molecular weight excluding hydrogens is 136 g/mol. The molecule has 4 nitrogen and oxygen atoms in total. The number of carbonyl (C=O) groups is 2. The van der Waals surface area contributed by atoms with E-state index in [0.29, 0.717) is 0 Å². The number of carboxylic acids is 2. The molecule has 0 aromatic rings. The molecule has 0 atom stereocenters. The number of hydrogen-bond donors (Lipinski definition) is 2. The third kappa shape index (κ3) is 11.1. The van der Waals surface area contributed by atoms with E-state index in [4.69, 9.17) is 10.2 Å². The van der Waals surface area contributed by atoms with E-state index in [2.05, 4.69) is 0 Å². The zero-order valence-electron chi connectivity index (χ0n) is 3.71. The molecule has 0 heterocycles. The van der Waals surface area contributed by atoms with Crippen LogP contribution in [0.3, 0.4) is 0 Å². The van der Waals surface area contributed by atoms with Crippen molar-refractivity contribution in [2.45, 2.75) is 0 Å². The Morgan fingerprint density at radius 2 is 1.22 bits per heavy atom. The van der Waals surface area contributed by atoms with Crippen LogP contribution in [-0.2, 0) is 9.59 Å². The van der Waals surface area contributed by atoms with Crippen LogP contribution in [0, 0.1) is 11.8 Å². The normalized spacial score (nSPS) is 5.78. The van der Waals surface area contributed by atoms with E-state index < -0.39 is 11.9 Å². The average Bonchev–Trinajstić information content (AvgIpc) is 1.61. The average molecular weight is 140 g/mol. The van der Waals surface area contributed by atoms with Crippen LogP contribution >= 0.6 is 0 Å². The molecule has 2 N–H and O–H groups in total. The summed E-state index contributed by atoms with van der Waals surface area (Å²) in [6.45, 7) is 0. The Morgan fingerprint density at radius 1 is 1.00 bits per heavy atom. The summed E-state index contributed by atoms with van der Waals surface area (Å²) in [5.74, 6) is -0.0511. The highest BCUT2D eigenvalue weighted by molar-refractivity contribution is 5.96. The largest absolute Gasteiger partial charge is 0.472 e. The lowest BCUT2D eigenvalue weighted by atomic mass is 10.6. The van der Waals surface area contributed by atoms with E-state index in [1.807, 2.05) is 0 Å². The summed E-state index contributed by atoms with van der Waals surface area (Å²) in [6.07, 6.45) is 0. The molecular formula is C4H4MgO4. The topological polar surface area (TPSA) is 74.6 Å². The minimum absolute atomic E-state index is 0. The molecule has 0 saturated carbocycles. The van der Waals surface area contributed by atoms with Gasteiger partial charge in [-0.3, -0.25) is 0 Å². The van der Waals surface area contributed by atoms with Crippen molar-refractivity contribution in [3.05, 3.63) is 0 Å². The summed E-state index contributed by atoms with van der Waals surface area (Å²) in [5, 5.41) is 15.5. The minimum Gasteiger partial charge on any atom is -0.472 e. The summed E-state index contributed by atoms with van der Waals surface area (Å²) in [7, 11) is 0. The van der Waals surface area contributed by atoms with Crippen LogP contribution in [0.5, 0.6) is 0 Å². The van der Waals surface area contributed by atoms with E-state index in [1.54, 1.807) is 0 Å². The standard InChI is InChI=1S/C4H2O4.Mg.2H/c5-3(6)1-2-4(7)8;;;/h(H,5,6)(H,7,8);;;. The molecule has 0 aliphatic rings. The lowest BCUT2D eigenvalue weighted by Gasteiger charge is -1.68. The van der Waals surface area contributed by atoms with Crippen molar-refractivity contribution in [1.29, 1.82) is 0 Å². The van der Waals surface area contributed by atoms with Crippen LogP contribution in [0.25, 0.3) is 0 Å². The number of hydrogen-bond acceptors (Lipinski definition) is 2. The van der Waals surface area contributed by atoms with Gasteiger partial charge in [-0.2, -0.15) is 0 Å². The molecule has 0 rings (SSSR count). The first-order valence-corrected chi connectivity index (χ1v) is 1.61. The van der Waals surface area contributed by atoms with Crippen molar-refractivity contribution in [2.75, 3.05) is 0 Å². The van der Waals surface area contributed by atoms with Gasteiger partial charge in [0.2, 0.25) is 0 Å². The van der Waals surface area contributed by atoms with E-state index in [9.17, 15) is 9.59 Å². The Morgan fingerprint density at radius 3 is 1.33 bits per heavy atom. The van der Waals surface area contributed by atoms with Crippen molar-refractivity contribution < 1.29 is 19.8 Å². The van der Waals surface area contributed by atoms with E-state index in [0.717, 1.165) is 0 Å². The highest BCUT2D eigenvalue weighted by Crippen LogP contribution is 1.57. The summed E-state index contributed by atoms with van der Waals surface area (Å²) >= 11 is 0. The fraction of sp³-hybridized carbons (Fsp3) is 0. The molecule has 0 fully saturated rings. The van der Waals surface area contributed by atoms with Crippen LogP contribution < -0.4 is 0 Å². The molecule has 0 aromatic carbocycles. The van der Waals surface area contributed by atoms with Gasteiger partial charge in [0.15, 0.2) is 0 Å². The van der Waals surface area contributed by atoms with Crippen LogP contribution in [0.2, 0.25) is 0 Å². The van der Waals surface area contributed by atoms with Crippen molar-refractivity contribution in [2.24, 2.45) is 0 Å². The lowest BCUT2D eigenvalue weighted by Crippen LogP contribution is -1.92. The van der Waals surface area contributed by atoms with Crippen LogP contribution in [-0.4, -0.2) is 45.2 Å². The van der Waals surface area contributed by atoms with E-state index in [-0.39, 0.29) is 23.1 Å². The Balaban J connectivity index is 0.